The second kappa shape index (κ2) is 47.7. The molecule has 0 radical (unpaired) electrons. The molecule has 24 heteroatoms. The average molecular weight is 1300 g/mol. The molecule has 0 unspecified atom stereocenters. The van der Waals surface area contributed by atoms with Crippen molar-refractivity contribution in [2.24, 2.45) is 5.92 Å². The highest BCUT2D eigenvalue weighted by atomic mass is 16.5. The van der Waals surface area contributed by atoms with E-state index in [2.05, 4.69) is 37.2 Å². The summed E-state index contributed by atoms with van der Waals surface area (Å²) in [4.78, 5) is 136. The molecular formula is C69H101N7O17. The number of nitrogens with one attached hydrogen (secondary N) is 7. The molecule has 0 spiro atoms. The highest BCUT2D eigenvalue weighted by Crippen LogP contribution is 2.19. The van der Waals surface area contributed by atoms with E-state index in [-0.39, 0.29) is 169 Å². The Morgan fingerprint density at radius 1 is 0.376 bits per heavy atom. The third kappa shape index (κ3) is 40.5. The van der Waals surface area contributed by atoms with Crippen molar-refractivity contribution >= 4 is 75.9 Å². The molecule has 0 bridgehead atoms. The van der Waals surface area contributed by atoms with Crippen molar-refractivity contribution in [1.82, 2.24) is 26.6 Å². The number of hydrogen-bond acceptors (Lipinski definition) is 17. The summed E-state index contributed by atoms with van der Waals surface area (Å²) in [5, 5.41) is 19.7. The summed E-state index contributed by atoms with van der Waals surface area (Å²) >= 11 is 0. The number of Topliss-reactive ketones (excluding diaryl/α,β-unsaturated/α-hetero) is 4. The summed E-state index contributed by atoms with van der Waals surface area (Å²) < 4.78 is 35.3. The minimum atomic E-state index is -1.36. The van der Waals surface area contributed by atoms with Crippen molar-refractivity contribution in [2.75, 3.05) is 96.3 Å². The Morgan fingerprint density at radius 3 is 1.15 bits per heavy atom. The van der Waals surface area contributed by atoms with E-state index in [0.29, 0.717) is 139 Å². The van der Waals surface area contributed by atoms with Crippen molar-refractivity contribution in [2.45, 2.75) is 169 Å². The molecule has 7 amide bonds. The van der Waals surface area contributed by atoms with E-state index in [1.165, 1.54) is 13.8 Å². The van der Waals surface area contributed by atoms with Gasteiger partial charge in [-0.25, -0.2) is 0 Å². The first kappa shape index (κ1) is 79.1. The highest BCUT2D eigenvalue weighted by molar-refractivity contribution is 5.89. The molecule has 514 valence electrons. The first-order valence-corrected chi connectivity index (χ1v) is 32.6. The van der Waals surface area contributed by atoms with Crippen molar-refractivity contribution in [3.05, 3.63) is 78.4 Å². The van der Waals surface area contributed by atoms with E-state index < -0.39 is 11.4 Å². The maximum atomic E-state index is 13.6. The quantitative estimate of drug-likeness (QED) is 0.0270. The lowest BCUT2D eigenvalue weighted by Crippen LogP contribution is -2.58. The van der Waals surface area contributed by atoms with E-state index in [4.69, 9.17) is 28.4 Å². The van der Waals surface area contributed by atoms with Crippen LogP contribution in [-0.4, -0.2) is 156 Å². The molecule has 0 aliphatic rings. The summed E-state index contributed by atoms with van der Waals surface area (Å²) in [5.74, 6) is 0.217. The molecule has 0 aromatic heterocycles. The Labute approximate surface area is 547 Å². The second-order valence-corrected chi connectivity index (χ2v) is 23.2. The molecule has 0 aliphatic heterocycles. The third-order valence-electron chi connectivity index (χ3n) is 14.1. The second-order valence-electron chi connectivity index (χ2n) is 23.2. The zero-order valence-electron chi connectivity index (χ0n) is 55.3. The van der Waals surface area contributed by atoms with Gasteiger partial charge in [0.1, 0.15) is 45.9 Å². The molecule has 93 heavy (non-hydrogen) atoms. The number of anilines is 2. The van der Waals surface area contributed by atoms with Gasteiger partial charge in [-0.15, -0.1) is 0 Å². The minimum absolute atomic E-state index is 0.00277. The molecule has 0 saturated carbocycles. The highest BCUT2D eigenvalue weighted by Gasteiger charge is 2.34. The fourth-order valence-corrected chi connectivity index (χ4v) is 9.11. The standard InChI is InChI=1S/C69H101N7O17/c1-51(2)63(82)18-9-19-68(87)76-69(48-88-44-34-59(81)16-8-6-7-15-58(80)17-10-41-91-60-28-22-55(23-29-60)47-52(3)77,49-89-45-35-66(85)72-39-13-37-70-64(83)20-11-42-92-61-30-24-56(25-31-61)74-53(4)78)50-90-46-36-67(86)73-40-14-38-71-65(84)21-12-43-93-62-32-26-57(27-33-62)75-54(5)79/h22-33,51H,6-21,34-50H2,1-5H3,(H,70,83)(H,71,84)(H,72,85)(H,73,86)(H,74,78)(H,75,79)(H,76,87). The smallest absolute Gasteiger partial charge is 0.222 e. The lowest BCUT2D eigenvalue weighted by molar-refractivity contribution is -0.131. The van der Waals surface area contributed by atoms with Crippen LogP contribution in [-0.2, 0) is 73.4 Å². The van der Waals surface area contributed by atoms with E-state index in [0.717, 1.165) is 5.56 Å². The predicted molar refractivity (Wildman–Crippen MR) is 352 cm³/mol. The van der Waals surface area contributed by atoms with Crippen molar-refractivity contribution in [1.29, 1.82) is 0 Å². The molecule has 0 fully saturated rings. The van der Waals surface area contributed by atoms with Crippen molar-refractivity contribution in [3.63, 3.8) is 0 Å². The van der Waals surface area contributed by atoms with Crippen LogP contribution >= 0.6 is 0 Å². The minimum Gasteiger partial charge on any atom is -0.494 e. The van der Waals surface area contributed by atoms with Gasteiger partial charge >= 0.3 is 0 Å². The van der Waals surface area contributed by atoms with Crippen molar-refractivity contribution < 1.29 is 81.2 Å². The zero-order valence-corrected chi connectivity index (χ0v) is 55.3. The maximum absolute atomic E-state index is 13.6. The Kier molecular flexibility index (Phi) is 40.6. The summed E-state index contributed by atoms with van der Waals surface area (Å²) in [6.45, 7) is 9.63. The molecule has 0 heterocycles. The molecule has 7 N–H and O–H groups in total. The van der Waals surface area contributed by atoms with E-state index in [1.807, 2.05) is 24.3 Å². The van der Waals surface area contributed by atoms with Crippen molar-refractivity contribution in [3.8, 4) is 17.2 Å². The van der Waals surface area contributed by atoms with Gasteiger partial charge in [0.2, 0.25) is 41.4 Å². The van der Waals surface area contributed by atoms with Gasteiger partial charge in [-0.1, -0.05) is 32.4 Å². The van der Waals surface area contributed by atoms with Crippen LogP contribution in [0.3, 0.4) is 0 Å². The third-order valence-corrected chi connectivity index (χ3v) is 14.1. The normalized spacial score (nSPS) is 11.0. The van der Waals surface area contributed by atoms with Gasteiger partial charge in [-0.3, -0.25) is 52.7 Å². The molecule has 3 rings (SSSR count). The molecule has 3 aromatic rings. The molecule has 0 atom stereocenters. The fourth-order valence-electron chi connectivity index (χ4n) is 9.11. The topological polar surface area (TPSA) is 327 Å². The number of carbonyl (C=O) groups excluding carboxylic acids is 11. The summed E-state index contributed by atoms with van der Waals surface area (Å²) in [6, 6.07) is 21.2. The Balaban J connectivity index is 1.48. The van der Waals surface area contributed by atoms with Gasteiger partial charge < -0.3 is 65.6 Å². The van der Waals surface area contributed by atoms with E-state index in [9.17, 15) is 52.7 Å². The first-order valence-electron chi connectivity index (χ1n) is 32.6. The summed E-state index contributed by atoms with van der Waals surface area (Å²) in [6.07, 6.45) is 6.87. The van der Waals surface area contributed by atoms with Crippen LogP contribution in [0.25, 0.3) is 0 Å². The zero-order chi connectivity index (χ0) is 67.9. The van der Waals surface area contributed by atoms with Crippen LogP contribution in [0.15, 0.2) is 72.8 Å². The summed E-state index contributed by atoms with van der Waals surface area (Å²) in [5.41, 5.74) is 0.864. The Hall–Kier alpha value is -8.09. The van der Waals surface area contributed by atoms with Crippen LogP contribution in [0.1, 0.15) is 162 Å². The van der Waals surface area contributed by atoms with E-state index >= 15 is 0 Å². The van der Waals surface area contributed by atoms with Crippen LogP contribution in [0, 0.1) is 5.92 Å². The summed E-state index contributed by atoms with van der Waals surface area (Å²) in [7, 11) is 0. The molecule has 3 aromatic carbocycles. The van der Waals surface area contributed by atoms with Gasteiger partial charge in [0, 0.05) is 128 Å². The maximum Gasteiger partial charge on any atom is 0.222 e. The average Bonchev–Trinajstić information content (AvgIpc) is 1.33. The van der Waals surface area contributed by atoms with Gasteiger partial charge in [-0.05, 0) is 125 Å². The molecule has 24 nitrogen and oxygen atoms in total. The Morgan fingerprint density at radius 2 is 0.742 bits per heavy atom. The van der Waals surface area contributed by atoms with Crippen LogP contribution in [0.5, 0.6) is 17.2 Å². The fraction of sp³-hybridized carbons (Fsp3) is 0.580. The number of carbonyl (C=O) groups is 11. The molecular weight excluding hydrogens is 1200 g/mol. The number of hydrogen-bond donors (Lipinski definition) is 7. The number of rotatable bonds is 54. The number of benzene rings is 3. The Bertz CT molecular complexity index is 2500. The monoisotopic (exact) mass is 1300 g/mol. The van der Waals surface area contributed by atoms with E-state index in [1.54, 1.807) is 69.3 Å². The van der Waals surface area contributed by atoms with Gasteiger partial charge in [0.15, 0.2) is 0 Å². The SMILES string of the molecule is CC(=O)Cc1ccc(OCCCC(=O)CCCCCC(=O)CCOCC(COCCC(=O)NCCCNC(=O)CCCOc2ccc(NC(C)=O)cc2)(COCCC(=O)NCCCNC(=O)CCCOc2ccc(NC(C)=O)cc2)NC(=O)CCCC(=O)C(C)C)cc1. The van der Waals surface area contributed by atoms with Gasteiger partial charge in [0.25, 0.3) is 0 Å². The lowest BCUT2D eigenvalue weighted by atomic mass is 10.0. The largest absolute Gasteiger partial charge is 0.494 e. The predicted octanol–water partition coefficient (Wildman–Crippen LogP) is 7.42. The number of unbranched alkanes of at least 4 members (excludes halogenated alkanes) is 2. The number of ketones is 4. The molecule has 0 saturated heterocycles. The molecule has 0 aliphatic carbocycles. The van der Waals surface area contributed by atoms with Crippen LogP contribution < -0.4 is 51.4 Å². The van der Waals surface area contributed by atoms with Crippen LogP contribution in [0.4, 0.5) is 11.4 Å². The van der Waals surface area contributed by atoms with Gasteiger partial charge in [0.05, 0.1) is 59.5 Å². The number of amides is 7. The van der Waals surface area contributed by atoms with Crippen LogP contribution in [0.2, 0.25) is 0 Å². The first-order chi connectivity index (χ1) is 44.7. The lowest BCUT2D eigenvalue weighted by Gasteiger charge is -2.34. The van der Waals surface area contributed by atoms with Gasteiger partial charge in [-0.2, -0.15) is 0 Å². The number of ether oxygens (including phenoxy) is 6.